The van der Waals surface area contributed by atoms with Crippen molar-refractivity contribution < 1.29 is 4.39 Å². The fourth-order valence-corrected chi connectivity index (χ4v) is 2.06. The Bertz CT molecular complexity index is 360. The number of hydrogen-bond donors (Lipinski definition) is 1. The SMILES string of the molecule is CC1CNCCN1c1ccc(F)c(Cl)c1.Cl. The highest BCUT2D eigenvalue weighted by molar-refractivity contribution is 6.31. The van der Waals surface area contributed by atoms with Crippen molar-refractivity contribution >= 4 is 29.7 Å². The summed E-state index contributed by atoms with van der Waals surface area (Å²) in [5.74, 6) is -0.358. The van der Waals surface area contributed by atoms with Crippen LogP contribution in [0.5, 0.6) is 0 Å². The highest BCUT2D eigenvalue weighted by Crippen LogP contribution is 2.24. The van der Waals surface area contributed by atoms with Crippen molar-refractivity contribution in [3.8, 4) is 0 Å². The number of rotatable bonds is 1. The number of nitrogens with one attached hydrogen (secondary N) is 1. The first kappa shape index (κ1) is 13.6. The molecule has 1 saturated heterocycles. The number of benzene rings is 1. The first-order valence-corrected chi connectivity index (χ1v) is 5.48. The molecule has 0 aliphatic carbocycles. The summed E-state index contributed by atoms with van der Waals surface area (Å²) in [5, 5.41) is 3.50. The lowest BCUT2D eigenvalue weighted by molar-refractivity contribution is 0.500. The predicted octanol–water partition coefficient (Wildman–Crippen LogP) is 2.70. The molecular formula is C11H15Cl2FN2. The van der Waals surface area contributed by atoms with Crippen molar-refractivity contribution in [1.29, 1.82) is 0 Å². The van der Waals surface area contributed by atoms with Gasteiger partial charge < -0.3 is 10.2 Å². The quantitative estimate of drug-likeness (QED) is 0.839. The lowest BCUT2D eigenvalue weighted by Gasteiger charge is -2.36. The lowest BCUT2D eigenvalue weighted by Crippen LogP contribution is -2.49. The molecule has 5 heteroatoms. The van der Waals surface area contributed by atoms with Crippen LogP contribution in [0, 0.1) is 5.82 Å². The van der Waals surface area contributed by atoms with E-state index in [0.29, 0.717) is 6.04 Å². The first-order chi connectivity index (χ1) is 7.18. The summed E-state index contributed by atoms with van der Waals surface area (Å²) < 4.78 is 13.0. The zero-order valence-electron chi connectivity index (χ0n) is 9.04. The van der Waals surface area contributed by atoms with Gasteiger partial charge in [-0.1, -0.05) is 11.6 Å². The topological polar surface area (TPSA) is 15.3 Å². The van der Waals surface area contributed by atoms with Gasteiger partial charge in [-0.15, -0.1) is 12.4 Å². The minimum absolute atomic E-state index is 0. The van der Waals surface area contributed by atoms with Crippen molar-refractivity contribution in [3.63, 3.8) is 0 Å². The standard InChI is InChI=1S/C11H14ClFN2.ClH/c1-8-7-14-4-5-15(8)9-2-3-11(13)10(12)6-9;/h2-3,6,8,14H,4-5,7H2,1H3;1H. The van der Waals surface area contributed by atoms with Gasteiger partial charge in [0, 0.05) is 31.4 Å². The second kappa shape index (κ2) is 5.71. The smallest absolute Gasteiger partial charge is 0.141 e. The molecule has 0 saturated carbocycles. The summed E-state index contributed by atoms with van der Waals surface area (Å²) in [6.45, 7) is 4.99. The van der Waals surface area contributed by atoms with Crippen LogP contribution < -0.4 is 10.2 Å². The van der Waals surface area contributed by atoms with E-state index in [9.17, 15) is 4.39 Å². The Morgan fingerprint density at radius 2 is 2.25 bits per heavy atom. The molecule has 90 valence electrons. The van der Waals surface area contributed by atoms with Crippen LogP contribution in [0.4, 0.5) is 10.1 Å². The van der Waals surface area contributed by atoms with E-state index >= 15 is 0 Å². The average Bonchev–Trinajstić information content (AvgIpc) is 2.23. The van der Waals surface area contributed by atoms with Gasteiger partial charge in [-0.25, -0.2) is 4.39 Å². The molecule has 0 spiro atoms. The number of piperazine rings is 1. The fraction of sp³-hybridized carbons (Fsp3) is 0.455. The molecule has 1 aromatic rings. The Labute approximate surface area is 106 Å². The van der Waals surface area contributed by atoms with Gasteiger partial charge in [0.05, 0.1) is 5.02 Å². The van der Waals surface area contributed by atoms with Gasteiger partial charge in [0.25, 0.3) is 0 Å². The van der Waals surface area contributed by atoms with Gasteiger partial charge in [0.1, 0.15) is 5.82 Å². The Balaban J connectivity index is 0.00000128. The van der Waals surface area contributed by atoms with Gasteiger partial charge in [-0.3, -0.25) is 0 Å². The summed E-state index contributed by atoms with van der Waals surface area (Å²) in [6, 6.07) is 5.31. The third-order valence-electron chi connectivity index (χ3n) is 2.74. The minimum Gasteiger partial charge on any atom is -0.366 e. The van der Waals surface area contributed by atoms with Crippen molar-refractivity contribution in [3.05, 3.63) is 29.0 Å². The first-order valence-electron chi connectivity index (χ1n) is 5.11. The maximum atomic E-state index is 13.0. The molecular weight excluding hydrogens is 250 g/mol. The highest BCUT2D eigenvalue weighted by Gasteiger charge is 2.18. The molecule has 1 aromatic carbocycles. The van der Waals surface area contributed by atoms with E-state index in [1.165, 1.54) is 6.07 Å². The molecule has 1 atom stereocenters. The van der Waals surface area contributed by atoms with Crippen molar-refractivity contribution in [1.82, 2.24) is 5.32 Å². The number of halogens is 3. The molecule has 0 amide bonds. The van der Waals surface area contributed by atoms with E-state index in [1.54, 1.807) is 12.1 Å². The predicted molar refractivity (Wildman–Crippen MR) is 68.3 cm³/mol. The van der Waals surface area contributed by atoms with Crippen LogP contribution in [-0.2, 0) is 0 Å². The summed E-state index contributed by atoms with van der Waals surface area (Å²) in [5.41, 5.74) is 0.996. The van der Waals surface area contributed by atoms with Gasteiger partial charge in [-0.05, 0) is 25.1 Å². The molecule has 1 aliphatic rings. The molecule has 0 aromatic heterocycles. The van der Waals surface area contributed by atoms with E-state index in [4.69, 9.17) is 11.6 Å². The van der Waals surface area contributed by atoms with Gasteiger partial charge in [0.15, 0.2) is 0 Å². The summed E-state index contributed by atoms with van der Waals surface area (Å²) >= 11 is 5.76. The maximum absolute atomic E-state index is 13.0. The van der Waals surface area contributed by atoms with Crippen LogP contribution in [0.1, 0.15) is 6.92 Å². The summed E-state index contributed by atoms with van der Waals surface area (Å²) in [7, 11) is 0. The fourth-order valence-electron chi connectivity index (χ4n) is 1.89. The molecule has 0 bridgehead atoms. The summed E-state index contributed by atoms with van der Waals surface area (Å²) in [4.78, 5) is 2.24. The molecule has 2 rings (SSSR count). The van der Waals surface area contributed by atoms with Crippen LogP contribution in [0.25, 0.3) is 0 Å². The van der Waals surface area contributed by atoms with E-state index in [0.717, 1.165) is 25.3 Å². The van der Waals surface area contributed by atoms with Gasteiger partial charge in [0.2, 0.25) is 0 Å². The van der Waals surface area contributed by atoms with E-state index in [2.05, 4.69) is 17.1 Å². The molecule has 1 unspecified atom stereocenters. The highest BCUT2D eigenvalue weighted by atomic mass is 35.5. The monoisotopic (exact) mass is 264 g/mol. The Morgan fingerprint density at radius 1 is 1.50 bits per heavy atom. The van der Waals surface area contributed by atoms with E-state index in [1.807, 2.05) is 0 Å². The van der Waals surface area contributed by atoms with E-state index < -0.39 is 0 Å². The van der Waals surface area contributed by atoms with Crippen molar-refractivity contribution in [2.24, 2.45) is 0 Å². The largest absolute Gasteiger partial charge is 0.366 e. The Kier molecular flexibility index (Phi) is 4.84. The van der Waals surface area contributed by atoms with Crippen molar-refractivity contribution in [2.75, 3.05) is 24.5 Å². The Morgan fingerprint density at radius 3 is 2.88 bits per heavy atom. The van der Waals surface area contributed by atoms with Gasteiger partial charge >= 0.3 is 0 Å². The van der Waals surface area contributed by atoms with Crippen molar-refractivity contribution in [2.45, 2.75) is 13.0 Å². The van der Waals surface area contributed by atoms with Gasteiger partial charge in [-0.2, -0.15) is 0 Å². The van der Waals surface area contributed by atoms with Crippen LogP contribution in [0.2, 0.25) is 5.02 Å². The Hall–Kier alpha value is -0.510. The van der Waals surface area contributed by atoms with Crippen LogP contribution in [0.15, 0.2) is 18.2 Å². The maximum Gasteiger partial charge on any atom is 0.141 e. The zero-order valence-corrected chi connectivity index (χ0v) is 10.6. The third-order valence-corrected chi connectivity index (χ3v) is 3.03. The molecule has 1 fully saturated rings. The third kappa shape index (κ3) is 2.78. The number of nitrogens with zero attached hydrogens (tertiary/aromatic N) is 1. The number of anilines is 1. The summed E-state index contributed by atoms with van der Waals surface area (Å²) in [6.07, 6.45) is 0. The molecule has 1 heterocycles. The zero-order chi connectivity index (χ0) is 10.8. The second-order valence-corrected chi connectivity index (χ2v) is 4.25. The molecule has 1 N–H and O–H groups in total. The second-order valence-electron chi connectivity index (χ2n) is 3.84. The minimum atomic E-state index is -0.358. The number of hydrogen-bond acceptors (Lipinski definition) is 2. The van der Waals surface area contributed by atoms with E-state index in [-0.39, 0.29) is 23.2 Å². The molecule has 0 radical (unpaired) electrons. The lowest BCUT2D eigenvalue weighted by atomic mass is 10.2. The average molecular weight is 265 g/mol. The molecule has 16 heavy (non-hydrogen) atoms. The molecule has 2 nitrogen and oxygen atoms in total. The van der Waals surface area contributed by atoms with Crippen LogP contribution >= 0.6 is 24.0 Å². The van der Waals surface area contributed by atoms with Crippen LogP contribution in [0.3, 0.4) is 0 Å². The van der Waals surface area contributed by atoms with Crippen LogP contribution in [-0.4, -0.2) is 25.7 Å². The molecule has 1 aliphatic heterocycles. The normalized spacial score (nSPS) is 20.4.